The van der Waals surface area contributed by atoms with Gasteiger partial charge in [0, 0.05) is 17.7 Å². The number of methoxy groups -OCH3 is 2. The molecule has 2 aromatic carbocycles. The van der Waals surface area contributed by atoms with Crippen molar-refractivity contribution >= 4 is 32.4 Å². The van der Waals surface area contributed by atoms with Crippen LogP contribution >= 0.6 is 11.3 Å². The van der Waals surface area contributed by atoms with Crippen molar-refractivity contribution in [1.29, 1.82) is 5.26 Å². The molecule has 0 aliphatic carbocycles. The summed E-state index contributed by atoms with van der Waals surface area (Å²) in [5.74, 6) is 1.46. The van der Waals surface area contributed by atoms with Crippen molar-refractivity contribution in [1.82, 2.24) is 4.98 Å². The number of hydrogen-bond donors (Lipinski definition) is 1. The maximum atomic E-state index is 8.98. The van der Waals surface area contributed by atoms with E-state index in [1.54, 1.807) is 20.3 Å². The van der Waals surface area contributed by atoms with Crippen molar-refractivity contribution in [3.8, 4) is 17.6 Å². The minimum atomic E-state index is 0.631. The van der Waals surface area contributed by atoms with Gasteiger partial charge in [0.1, 0.15) is 11.5 Å². The molecule has 0 fully saturated rings. The summed E-state index contributed by atoms with van der Waals surface area (Å²) in [6.07, 6.45) is 0. The molecular weight excluding hydrogens is 310 g/mol. The number of thiazole rings is 1. The third-order valence-electron chi connectivity index (χ3n) is 3.55. The fraction of sp³-hybridized carbons (Fsp3) is 0.176. The molecule has 0 aliphatic rings. The highest BCUT2D eigenvalue weighted by Crippen LogP contribution is 2.35. The van der Waals surface area contributed by atoms with Gasteiger partial charge >= 0.3 is 0 Å². The molecule has 116 valence electrons. The topological polar surface area (TPSA) is 67.2 Å². The van der Waals surface area contributed by atoms with Gasteiger partial charge < -0.3 is 14.8 Å². The molecule has 0 radical (unpaired) electrons. The fourth-order valence-corrected chi connectivity index (χ4v) is 3.20. The molecule has 0 atom stereocenters. The highest BCUT2D eigenvalue weighted by molar-refractivity contribution is 7.22. The molecule has 0 saturated carbocycles. The number of nitrogens with one attached hydrogen (secondary N) is 1. The van der Waals surface area contributed by atoms with Gasteiger partial charge in [0.05, 0.1) is 41.8 Å². The van der Waals surface area contributed by atoms with Gasteiger partial charge in [-0.2, -0.15) is 5.26 Å². The van der Waals surface area contributed by atoms with Gasteiger partial charge in [-0.05, 0) is 25.1 Å². The van der Waals surface area contributed by atoms with Gasteiger partial charge in [-0.1, -0.05) is 11.3 Å². The predicted molar refractivity (Wildman–Crippen MR) is 91.9 cm³/mol. The van der Waals surface area contributed by atoms with Gasteiger partial charge in [0.15, 0.2) is 5.13 Å². The first-order valence-electron chi connectivity index (χ1n) is 6.95. The van der Waals surface area contributed by atoms with Crippen LogP contribution in [0.4, 0.5) is 10.8 Å². The first kappa shape index (κ1) is 15.1. The van der Waals surface area contributed by atoms with Crippen LogP contribution in [-0.2, 0) is 0 Å². The second-order valence-electron chi connectivity index (χ2n) is 4.94. The summed E-state index contributed by atoms with van der Waals surface area (Å²) in [4.78, 5) is 4.55. The van der Waals surface area contributed by atoms with E-state index in [-0.39, 0.29) is 0 Å². The van der Waals surface area contributed by atoms with Crippen LogP contribution in [0.1, 0.15) is 11.1 Å². The summed E-state index contributed by atoms with van der Waals surface area (Å²) in [5, 5.41) is 13.1. The van der Waals surface area contributed by atoms with Crippen LogP contribution in [0.5, 0.6) is 11.5 Å². The van der Waals surface area contributed by atoms with Crippen molar-refractivity contribution in [3.63, 3.8) is 0 Å². The van der Waals surface area contributed by atoms with E-state index in [1.807, 2.05) is 31.2 Å². The maximum absolute atomic E-state index is 8.98. The summed E-state index contributed by atoms with van der Waals surface area (Å²) in [6, 6.07) is 11.4. The number of fused-ring (bicyclic) bond motifs is 1. The van der Waals surface area contributed by atoms with E-state index >= 15 is 0 Å². The predicted octanol–water partition coefficient (Wildman–Crippen LogP) is 4.24. The zero-order valence-electron chi connectivity index (χ0n) is 13.0. The molecule has 0 spiro atoms. The Bertz CT molecular complexity index is 912. The average Bonchev–Trinajstić information content (AvgIpc) is 2.97. The minimum absolute atomic E-state index is 0.631. The normalized spacial score (nSPS) is 10.3. The third-order valence-corrected chi connectivity index (χ3v) is 4.48. The maximum Gasteiger partial charge on any atom is 0.188 e. The van der Waals surface area contributed by atoms with E-state index in [2.05, 4.69) is 16.4 Å². The van der Waals surface area contributed by atoms with E-state index in [0.717, 1.165) is 32.3 Å². The van der Waals surface area contributed by atoms with Gasteiger partial charge in [0.25, 0.3) is 0 Å². The monoisotopic (exact) mass is 325 g/mol. The van der Waals surface area contributed by atoms with Crippen molar-refractivity contribution in [2.45, 2.75) is 6.92 Å². The Morgan fingerprint density at radius 1 is 1.17 bits per heavy atom. The molecule has 0 bridgehead atoms. The molecule has 0 amide bonds. The lowest BCUT2D eigenvalue weighted by Crippen LogP contribution is -1.97. The van der Waals surface area contributed by atoms with Crippen LogP contribution in [0.2, 0.25) is 0 Å². The van der Waals surface area contributed by atoms with Crippen LogP contribution in [-0.4, -0.2) is 19.2 Å². The highest BCUT2D eigenvalue weighted by Gasteiger charge is 2.11. The van der Waals surface area contributed by atoms with Crippen LogP contribution in [0, 0.1) is 18.3 Å². The first-order chi connectivity index (χ1) is 11.1. The Hall–Kier alpha value is -2.78. The Morgan fingerprint density at radius 3 is 2.70 bits per heavy atom. The molecule has 3 rings (SSSR count). The van der Waals surface area contributed by atoms with Gasteiger partial charge in [-0.3, -0.25) is 0 Å². The summed E-state index contributed by atoms with van der Waals surface area (Å²) < 4.78 is 11.7. The molecule has 1 aromatic heterocycles. The lowest BCUT2D eigenvalue weighted by molar-refractivity contribution is 0.393. The van der Waals surface area contributed by atoms with Crippen molar-refractivity contribution in [3.05, 3.63) is 41.5 Å². The Balaban J connectivity index is 2.00. The second-order valence-corrected chi connectivity index (χ2v) is 5.97. The molecule has 1 heterocycles. The smallest absolute Gasteiger partial charge is 0.188 e. The van der Waals surface area contributed by atoms with Crippen LogP contribution in [0.3, 0.4) is 0 Å². The zero-order valence-corrected chi connectivity index (χ0v) is 13.8. The number of aromatic nitrogens is 1. The Labute approximate surface area is 138 Å². The van der Waals surface area contributed by atoms with Crippen molar-refractivity contribution < 1.29 is 9.47 Å². The van der Waals surface area contributed by atoms with E-state index < -0.39 is 0 Å². The number of benzene rings is 2. The number of nitriles is 1. The molecule has 0 aliphatic heterocycles. The number of nitrogens with zero attached hydrogens (tertiary/aromatic N) is 2. The van der Waals surface area contributed by atoms with Crippen molar-refractivity contribution in [2.75, 3.05) is 19.5 Å². The summed E-state index contributed by atoms with van der Waals surface area (Å²) in [6.45, 7) is 1.97. The third kappa shape index (κ3) is 2.91. The van der Waals surface area contributed by atoms with E-state index in [9.17, 15) is 0 Å². The quantitative estimate of drug-likeness (QED) is 0.777. The Morgan fingerprint density at radius 2 is 2.00 bits per heavy atom. The largest absolute Gasteiger partial charge is 0.497 e. The van der Waals surface area contributed by atoms with E-state index in [4.69, 9.17) is 14.7 Å². The standard InChI is InChI=1S/C17H15N3O2S/c1-10-14(7-12(21-2)8-15(10)22-3)20-17-19-13-5-4-11(9-18)6-16(13)23-17/h4-8H,1-3H3,(H,19,20). The zero-order chi connectivity index (χ0) is 16.4. The van der Waals surface area contributed by atoms with Crippen LogP contribution in [0.25, 0.3) is 10.2 Å². The van der Waals surface area contributed by atoms with Crippen LogP contribution < -0.4 is 14.8 Å². The van der Waals surface area contributed by atoms with Crippen LogP contribution in [0.15, 0.2) is 30.3 Å². The van der Waals surface area contributed by atoms with E-state index in [0.29, 0.717) is 11.3 Å². The number of hydrogen-bond acceptors (Lipinski definition) is 6. The molecule has 6 heteroatoms. The summed E-state index contributed by atoms with van der Waals surface area (Å²) in [7, 11) is 3.25. The molecule has 3 aromatic rings. The Kier molecular flexibility index (Phi) is 4.04. The summed E-state index contributed by atoms with van der Waals surface area (Å²) in [5.41, 5.74) is 3.35. The SMILES string of the molecule is COc1cc(Nc2nc3ccc(C#N)cc3s2)c(C)c(OC)c1. The van der Waals surface area contributed by atoms with Gasteiger partial charge in [-0.25, -0.2) is 4.98 Å². The van der Waals surface area contributed by atoms with Gasteiger partial charge in [0.2, 0.25) is 0 Å². The van der Waals surface area contributed by atoms with E-state index in [1.165, 1.54) is 11.3 Å². The lowest BCUT2D eigenvalue weighted by atomic mass is 10.1. The van der Waals surface area contributed by atoms with Crippen molar-refractivity contribution in [2.24, 2.45) is 0 Å². The number of rotatable bonds is 4. The summed E-state index contributed by atoms with van der Waals surface area (Å²) >= 11 is 1.50. The number of anilines is 2. The molecule has 1 N–H and O–H groups in total. The molecule has 0 saturated heterocycles. The van der Waals surface area contributed by atoms with Gasteiger partial charge in [-0.15, -0.1) is 0 Å². The molecule has 5 nitrogen and oxygen atoms in total. The fourth-order valence-electron chi connectivity index (χ4n) is 2.28. The first-order valence-corrected chi connectivity index (χ1v) is 7.76. The lowest BCUT2D eigenvalue weighted by Gasteiger charge is -2.13. The highest BCUT2D eigenvalue weighted by atomic mass is 32.1. The number of ether oxygens (including phenoxy) is 2. The second kappa shape index (κ2) is 6.15. The minimum Gasteiger partial charge on any atom is -0.497 e. The average molecular weight is 325 g/mol. The molecule has 0 unspecified atom stereocenters. The molecule has 23 heavy (non-hydrogen) atoms. The molecular formula is C17H15N3O2S.